The number of carbonyl (C=O) groups is 1. The molecule has 0 aromatic heterocycles. The molecule has 1 aromatic carbocycles. The zero-order valence-electron chi connectivity index (χ0n) is 11.8. The maximum Gasteiger partial charge on any atom is 0.416 e. The van der Waals surface area contributed by atoms with Crippen molar-refractivity contribution in [3.63, 3.8) is 0 Å². The Morgan fingerprint density at radius 1 is 1.29 bits per heavy atom. The molecule has 0 saturated carbocycles. The highest BCUT2D eigenvalue weighted by molar-refractivity contribution is 6.55. The third-order valence-corrected chi connectivity index (χ3v) is 2.82. The third kappa shape index (κ3) is 6.05. The number of nitrogens with zero attached hydrogens (tertiary/aromatic N) is 3. The number of benzene rings is 1. The van der Waals surface area contributed by atoms with E-state index in [1.807, 2.05) is 0 Å². The molecule has 0 bridgehead atoms. The van der Waals surface area contributed by atoms with Gasteiger partial charge in [0.1, 0.15) is 5.71 Å². The normalized spacial score (nSPS) is 12.8. The van der Waals surface area contributed by atoms with Crippen LogP contribution in [0.3, 0.4) is 0 Å². The second-order valence-electron chi connectivity index (χ2n) is 4.02. The fourth-order valence-corrected chi connectivity index (χ4v) is 1.84. The van der Waals surface area contributed by atoms with Crippen LogP contribution in [0, 0.1) is 0 Å². The summed E-state index contributed by atoms with van der Waals surface area (Å²) in [5.41, 5.74) is 1.02. The van der Waals surface area contributed by atoms with Gasteiger partial charge in [-0.3, -0.25) is 5.43 Å². The van der Waals surface area contributed by atoms with Gasteiger partial charge in [-0.2, -0.15) is 18.3 Å². The smallest absolute Gasteiger partial charge is 0.411 e. The molecule has 1 aromatic rings. The van der Waals surface area contributed by atoms with Crippen molar-refractivity contribution >= 4 is 53.0 Å². The molecule has 130 valence electrons. The number of hydrogen-bond acceptors (Lipinski definition) is 7. The summed E-state index contributed by atoms with van der Waals surface area (Å²) in [6.45, 7) is 1.11. The number of rotatable bonds is 5. The number of carbonyl (C=O) groups excluding carboxylic acids is 1. The Bertz CT molecular complexity index is 682. The SMILES string of the molecule is CC(=O)O/N=C/C(/C=N/O)=N/Nc1c(Cl)cc(C(F)(F)F)cc1Cl. The van der Waals surface area contributed by atoms with Gasteiger partial charge in [-0.1, -0.05) is 33.5 Å². The fourth-order valence-electron chi connectivity index (χ4n) is 1.27. The molecule has 2 N–H and O–H groups in total. The number of oxime groups is 2. The second-order valence-corrected chi connectivity index (χ2v) is 4.84. The van der Waals surface area contributed by atoms with Crippen LogP contribution in [-0.4, -0.2) is 29.3 Å². The highest BCUT2D eigenvalue weighted by Gasteiger charge is 2.32. The van der Waals surface area contributed by atoms with Crippen LogP contribution in [0.4, 0.5) is 18.9 Å². The van der Waals surface area contributed by atoms with Crippen LogP contribution in [0.5, 0.6) is 0 Å². The molecule has 0 saturated heterocycles. The summed E-state index contributed by atoms with van der Waals surface area (Å²) in [6.07, 6.45) is -2.90. The van der Waals surface area contributed by atoms with Crippen molar-refractivity contribution in [3.05, 3.63) is 27.7 Å². The van der Waals surface area contributed by atoms with Gasteiger partial charge in [0.25, 0.3) is 0 Å². The quantitative estimate of drug-likeness (QED) is 0.349. The standard InChI is InChI=1S/C12H9Cl2F3N4O3/c1-6(22)24-19-5-8(4-18-23)20-21-11-9(13)2-7(3-10(11)14)12(15,16)17/h2-5,21,23H,1H3/b18-4+,19-5+,20-8+. The molecule has 0 aliphatic rings. The van der Waals surface area contributed by atoms with Crippen molar-refractivity contribution in [2.45, 2.75) is 13.1 Å². The molecule has 12 heteroatoms. The molecule has 0 amide bonds. The van der Waals surface area contributed by atoms with Gasteiger partial charge >= 0.3 is 12.1 Å². The minimum Gasteiger partial charge on any atom is -0.411 e. The highest BCUT2D eigenvalue weighted by Crippen LogP contribution is 2.38. The summed E-state index contributed by atoms with van der Waals surface area (Å²) in [7, 11) is 0. The zero-order chi connectivity index (χ0) is 18.3. The molecule has 24 heavy (non-hydrogen) atoms. The predicted octanol–water partition coefficient (Wildman–Crippen LogP) is 3.79. The van der Waals surface area contributed by atoms with E-state index >= 15 is 0 Å². The summed E-state index contributed by atoms with van der Waals surface area (Å²) in [5, 5.41) is 17.4. The number of alkyl halides is 3. The topological polar surface area (TPSA) is 95.6 Å². The molecule has 0 unspecified atom stereocenters. The molecule has 0 aliphatic carbocycles. The fraction of sp³-hybridized carbons (Fsp3) is 0.167. The van der Waals surface area contributed by atoms with Crippen molar-refractivity contribution in [2.24, 2.45) is 15.4 Å². The summed E-state index contributed by atoms with van der Waals surface area (Å²) < 4.78 is 37.9. The maximum absolute atomic E-state index is 12.6. The van der Waals surface area contributed by atoms with Gasteiger partial charge in [0.15, 0.2) is 0 Å². The second kappa shape index (κ2) is 8.50. The molecule has 0 atom stereocenters. The van der Waals surface area contributed by atoms with Gasteiger partial charge in [-0.15, -0.1) is 0 Å². The Morgan fingerprint density at radius 2 is 1.88 bits per heavy atom. The van der Waals surface area contributed by atoms with Crippen LogP contribution < -0.4 is 5.43 Å². The van der Waals surface area contributed by atoms with Gasteiger partial charge in [0, 0.05) is 6.92 Å². The van der Waals surface area contributed by atoms with Crippen molar-refractivity contribution in [3.8, 4) is 0 Å². The highest BCUT2D eigenvalue weighted by atomic mass is 35.5. The Balaban J connectivity index is 3.05. The van der Waals surface area contributed by atoms with E-state index in [-0.39, 0.29) is 21.4 Å². The van der Waals surface area contributed by atoms with E-state index in [0.717, 1.165) is 19.4 Å². The first-order valence-corrected chi connectivity index (χ1v) is 6.69. The Hall–Kier alpha value is -2.33. The van der Waals surface area contributed by atoms with Crippen LogP contribution in [-0.2, 0) is 15.8 Å². The van der Waals surface area contributed by atoms with Gasteiger partial charge in [0.2, 0.25) is 0 Å². The lowest BCUT2D eigenvalue weighted by Crippen LogP contribution is -2.08. The van der Waals surface area contributed by atoms with E-state index in [1.54, 1.807) is 0 Å². The number of anilines is 1. The first-order chi connectivity index (χ1) is 11.1. The van der Waals surface area contributed by atoms with Gasteiger partial charge in [-0.25, -0.2) is 4.79 Å². The number of hydrazone groups is 1. The number of hydrogen-bond donors (Lipinski definition) is 2. The Morgan fingerprint density at radius 3 is 2.33 bits per heavy atom. The minimum absolute atomic E-state index is 0.115. The monoisotopic (exact) mass is 384 g/mol. The van der Waals surface area contributed by atoms with E-state index in [1.165, 1.54) is 0 Å². The van der Waals surface area contributed by atoms with Gasteiger partial charge in [-0.05, 0) is 12.1 Å². The molecule has 0 fully saturated rings. The van der Waals surface area contributed by atoms with Crippen molar-refractivity contribution in [1.29, 1.82) is 0 Å². The largest absolute Gasteiger partial charge is 0.416 e. The summed E-state index contributed by atoms with van der Waals surface area (Å²) in [5.74, 6) is -0.701. The average molecular weight is 385 g/mol. The molecular formula is C12H9Cl2F3N4O3. The van der Waals surface area contributed by atoms with Crippen molar-refractivity contribution in [2.75, 3.05) is 5.43 Å². The maximum atomic E-state index is 12.6. The first kappa shape index (κ1) is 19.7. The van der Waals surface area contributed by atoms with Crippen LogP contribution in [0.25, 0.3) is 0 Å². The van der Waals surface area contributed by atoms with E-state index in [4.69, 9.17) is 28.4 Å². The van der Waals surface area contributed by atoms with Crippen molar-refractivity contribution < 1.29 is 28.0 Å². The Kier molecular flexibility index (Phi) is 6.98. The molecule has 0 aliphatic heterocycles. The molecule has 0 spiro atoms. The van der Waals surface area contributed by atoms with Crippen LogP contribution in [0.2, 0.25) is 10.0 Å². The number of halogens is 5. The van der Waals surface area contributed by atoms with Crippen molar-refractivity contribution in [1.82, 2.24) is 0 Å². The van der Waals surface area contributed by atoms with Gasteiger partial charge < -0.3 is 10.0 Å². The van der Waals surface area contributed by atoms with Crippen LogP contribution >= 0.6 is 23.2 Å². The summed E-state index contributed by atoms with van der Waals surface area (Å²) in [4.78, 5) is 14.8. The molecular weight excluding hydrogens is 376 g/mol. The molecule has 1 rings (SSSR count). The van der Waals surface area contributed by atoms with Crippen LogP contribution in [0.1, 0.15) is 12.5 Å². The van der Waals surface area contributed by atoms with Gasteiger partial charge in [0.05, 0.1) is 33.7 Å². The lowest BCUT2D eigenvalue weighted by molar-refractivity contribution is -0.141. The lowest BCUT2D eigenvalue weighted by Gasteiger charge is -2.11. The first-order valence-electron chi connectivity index (χ1n) is 5.93. The number of nitrogens with one attached hydrogen (secondary N) is 1. The average Bonchev–Trinajstić information content (AvgIpc) is 2.44. The Labute approximate surface area is 143 Å². The molecule has 7 nitrogen and oxygen atoms in total. The predicted molar refractivity (Wildman–Crippen MR) is 83.1 cm³/mol. The van der Waals surface area contributed by atoms with E-state index < -0.39 is 17.7 Å². The van der Waals surface area contributed by atoms with Crippen LogP contribution in [0.15, 0.2) is 27.5 Å². The van der Waals surface area contributed by atoms with E-state index in [0.29, 0.717) is 12.1 Å². The lowest BCUT2D eigenvalue weighted by atomic mass is 10.2. The minimum atomic E-state index is -4.61. The summed E-state index contributed by atoms with van der Waals surface area (Å²) in [6, 6.07) is 1.33. The third-order valence-electron chi connectivity index (χ3n) is 2.22. The summed E-state index contributed by atoms with van der Waals surface area (Å²) >= 11 is 11.5. The zero-order valence-corrected chi connectivity index (χ0v) is 13.3. The molecule has 0 heterocycles. The van der Waals surface area contributed by atoms with E-state index in [2.05, 4.69) is 25.7 Å². The molecule has 0 radical (unpaired) electrons. The van der Waals surface area contributed by atoms with E-state index in [9.17, 15) is 18.0 Å².